The van der Waals surface area contributed by atoms with E-state index in [4.69, 9.17) is 0 Å². The Labute approximate surface area is 190 Å². The number of aliphatic hydroxyl groups excluding tert-OH is 2. The summed E-state index contributed by atoms with van der Waals surface area (Å²) < 4.78 is 13.7. The van der Waals surface area contributed by atoms with Crippen molar-refractivity contribution in [2.24, 2.45) is 0 Å². The average molecular weight is 458 g/mol. The summed E-state index contributed by atoms with van der Waals surface area (Å²) in [6, 6.07) is 4.06. The minimum Gasteiger partial charge on any atom is -0.393 e. The molecule has 0 aliphatic carbocycles. The molecule has 0 spiro atoms. The van der Waals surface area contributed by atoms with Gasteiger partial charge in [0.05, 0.1) is 23.3 Å². The van der Waals surface area contributed by atoms with Gasteiger partial charge in [-0.05, 0) is 63.5 Å². The number of aromatic nitrogens is 1. The SMILES string of the molecule is CC(=O)C[C@H](O)C[C@H](O)CCNC(=O)c1c(C)[nH]c(/C=C2\C(=O)Nc3ccc(F)cc32)c1C. The van der Waals surface area contributed by atoms with Gasteiger partial charge >= 0.3 is 0 Å². The van der Waals surface area contributed by atoms with Crippen molar-refractivity contribution in [1.82, 2.24) is 10.3 Å². The van der Waals surface area contributed by atoms with Crippen molar-refractivity contribution in [3.63, 3.8) is 0 Å². The molecule has 8 nitrogen and oxygen atoms in total. The number of amides is 2. The highest BCUT2D eigenvalue weighted by Gasteiger charge is 2.26. The average Bonchev–Trinajstić information content (AvgIpc) is 3.16. The molecule has 176 valence electrons. The molecule has 9 heteroatoms. The quantitative estimate of drug-likeness (QED) is 0.369. The lowest BCUT2D eigenvalue weighted by Gasteiger charge is -2.15. The van der Waals surface area contributed by atoms with Crippen LogP contribution in [0.5, 0.6) is 0 Å². The minimum absolute atomic E-state index is 0.0153. The first-order chi connectivity index (χ1) is 15.6. The number of anilines is 1. The molecule has 0 bridgehead atoms. The van der Waals surface area contributed by atoms with Gasteiger partial charge in [-0.25, -0.2) is 4.39 Å². The third-order valence-corrected chi connectivity index (χ3v) is 5.59. The number of Topliss-reactive ketones (excluding diaryl/α,β-unsaturated/α-hetero) is 1. The monoisotopic (exact) mass is 457 g/mol. The van der Waals surface area contributed by atoms with Gasteiger partial charge in [0.15, 0.2) is 0 Å². The van der Waals surface area contributed by atoms with Gasteiger partial charge in [-0.1, -0.05) is 0 Å². The van der Waals surface area contributed by atoms with Crippen LogP contribution in [0.3, 0.4) is 0 Å². The van der Waals surface area contributed by atoms with E-state index >= 15 is 0 Å². The highest BCUT2D eigenvalue weighted by Crippen LogP contribution is 2.34. The number of H-pyrrole nitrogens is 1. The van der Waals surface area contributed by atoms with Crippen LogP contribution in [0.25, 0.3) is 11.6 Å². The maximum absolute atomic E-state index is 13.7. The van der Waals surface area contributed by atoms with Gasteiger partial charge in [0, 0.05) is 35.6 Å². The zero-order valence-electron chi connectivity index (χ0n) is 18.8. The second kappa shape index (κ2) is 10.1. The molecule has 2 aromatic rings. The topological polar surface area (TPSA) is 132 Å². The summed E-state index contributed by atoms with van der Waals surface area (Å²) >= 11 is 0. The Morgan fingerprint density at radius 1 is 1.21 bits per heavy atom. The van der Waals surface area contributed by atoms with Crippen molar-refractivity contribution in [3.8, 4) is 0 Å². The minimum atomic E-state index is -0.913. The first kappa shape index (κ1) is 24.3. The molecule has 1 aromatic heterocycles. The van der Waals surface area contributed by atoms with E-state index in [1.165, 1.54) is 25.1 Å². The fraction of sp³-hybridized carbons (Fsp3) is 0.375. The number of aryl methyl sites for hydroxylation is 1. The number of fused-ring (bicyclic) bond motifs is 1. The van der Waals surface area contributed by atoms with Gasteiger partial charge in [0.25, 0.3) is 11.8 Å². The van der Waals surface area contributed by atoms with Gasteiger partial charge in [-0.15, -0.1) is 0 Å². The van der Waals surface area contributed by atoms with Crippen molar-refractivity contribution in [2.45, 2.75) is 52.2 Å². The summed E-state index contributed by atoms with van der Waals surface area (Å²) in [6.45, 7) is 5.04. The van der Waals surface area contributed by atoms with Crippen molar-refractivity contribution in [1.29, 1.82) is 0 Å². The molecule has 33 heavy (non-hydrogen) atoms. The number of nitrogens with one attached hydrogen (secondary N) is 3. The fourth-order valence-electron chi connectivity index (χ4n) is 3.99. The molecule has 1 aliphatic rings. The zero-order valence-corrected chi connectivity index (χ0v) is 18.8. The lowest BCUT2D eigenvalue weighted by atomic mass is 10.0. The van der Waals surface area contributed by atoms with Crippen LogP contribution < -0.4 is 10.6 Å². The maximum Gasteiger partial charge on any atom is 0.256 e. The lowest BCUT2D eigenvalue weighted by Crippen LogP contribution is -2.29. The van der Waals surface area contributed by atoms with Crippen LogP contribution in [0.4, 0.5) is 10.1 Å². The third-order valence-electron chi connectivity index (χ3n) is 5.59. The summed E-state index contributed by atoms with van der Waals surface area (Å²) in [7, 11) is 0. The predicted molar refractivity (Wildman–Crippen MR) is 122 cm³/mol. The van der Waals surface area contributed by atoms with Crippen molar-refractivity contribution < 1.29 is 29.0 Å². The molecule has 5 N–H and O–H groups in total. The predicted octanol–water partition coefficient (Wildman–Crippen LogP) is 2.47. The second-order valence-corrected chi connectivity index (χ2v) is 8.36. The zero-order chi connectivity index (χ0) is 24.3. The number of carbonyl (C=O) groups is 3. The maximum atomic E-state index is 13.7. The van der Waals surface area contributed by atoms with Crippen molar-refractivity contribution >= 4 is 34.9 Å². The molecule has 3 rings (SSSR count). The molecule has 0 unspecified atom stereocenters. The fourth-order valence-corrected chi connectivity index (χ4v) is 3.99. The Balaban J connectivity index is 1.68. The standard InChI is InChI=1S/C24H28FN3O5/c1-12(29)8-17(31)10-16(30)6-7-26-24(33)22-13(2)21(27-14(22)3)11-19-18-9-15(25)4-5-20(18)28-23(19)32/h4-5,9,11,16-17,27,30-31H,6-8,10H2,1-3H3,(H,26,33)(H,28,32)/b19-11-/t16-,17+/m1/s1. The number of carbonyl (C=O) groups excluding carboxylic acids is 3. The molecule has 0 saturated heterocycles. The Hall–Kier alpha value is -3.30. The molecule has 0 saturated carbocycles. The van der Waals surface area contributed by atoms with Crippen molar-refractivity contribution in [3.05, 3.63) is 52.1 Å². The van der Waals surface area contributed by atoms with Gasteiger partial charge in [-0.2, -0.15) is 0 Å². The van der Waals surface area contributed by atoms with E-state index in [9.17, 15) is 29.0 Å². The van der Waals surface area contributed by atoms with E-state index in [1.807, 2.05) is 0 Å². The molecular weight excluding hydrogens is 429 g/mol. The van der Waals surface area contributed by atoms with Crippen LogP contribution in [0, 0.1) is 19.7 Å². The lowest BCUT2D eigenvalue weighted by molar-refractivity contribution is -0.119. The molecular formula is C24H28FN3O5. The number of aromatic amines is 1. The van der Waals surface area contributed by atoms with Gasteiger partial charge in [0.1, 0.15) is 11.6 Å². The summed E-state index contributed by atoms with van der Waals surface area (Å²) in [6.07, 6.45) is 0.0970. The molecule has 2 heterocycles. The number of halogens is 1. The van der Waals surface area contributed by atoms with Crippen molar-refractivity contribution in [2.75, 3.05) is 11.9 Å². The summed E-state index contributed by atoms with van der Waals surface area (Å²) in [5, 5.41) is 25.2. The van der Waals surface area contributed by atoms with Crippen LogP contribution in [-0.4, -0.2) is 51.5 Å². The number of rotatable bonds is 9. The molecule has 0 fully saturated rings. The van der Waals surface area contributed by atoms with Gasteiger partial charge in [-0.3, -0.25) is 14.4 Å². The van der Waals surface area contributed by atoms with Crippen LogP contribution in [0.1, 0.15) is 59.1 Å². The van der Waals surface area contributed by atoms with E-state index in [2.05, 4.69) is 15.6 Å². The summed E-state index contributed by atoms with van der Waals surface area (Å²) in [5.41, 5.74) is 3.50. The molecule has 1 aromatic carbocycles. The van der Waals surface area contributed by atoms with Crippen LogP contribution in [-0.2, 0) is 9.59 Å². The first-order valence-electron chi connectivity index (χ1n) is 10.7. The summed E-state index contributed by atoms with van der Waals surface area (Å²) in [4.78, 5) is 39.2. The van der Waals surface area contributed by atoms with E-state index in [0.29, 0.717) is 39.3 Å². The van der Waals surface area contributed by atoms with Crippen LogP contribution in [0.15, 0.2) is 18.2 Å². The van der Waals surface area contributed by atoms with E-state index in [1.54, 1.807) is 19.9 Å². The van der Waals surface area contributed by atoms with Crippen LogP contribution >= 0.6 is 0 Å². The molecule has 0 radical (unpaired) electrons. The van der Waals surface area contributed by atoms with Crippen LogP contribution in [0.2, 0.25) is 0 Å². The Bertz CT molecular complexity index is 1120. The number of hydrogen-bond donors (Lipinski definition) is 5. The Morgan fingerprint density at radius 3 is 2.64 bits per heavy atom. The normalized spacial score (nSPS) is 15.8. The number of ketones is 1. The smallest absolute Gasteiger partial charge is 0.256 e. The highest BCUT2D eigenvalue weighted by atomic mass is 19.1. The Morgan fingerprint density at radius 2 is 1.94 bits per heavy atom. The van der Waals surface area contributed by atoms with Gasteiger partial charge in [0.2, 0.25) is 0 Å². The molecule has 1 aliphatic heterocycles. The second-order valence-electron chi connectivity index (χ2n) is 8.36. The highest BCUT2D eigenvalue weighted by molar-refractivity contribution is 6.34. The summed E-state index contributed by atoms with van der Waals surface area (Å²) in [5.74, 6) is -1.30. The van der Waals surface area contributed by atoms with E-state index < -0.39 is 18.0 Å². The third kappa shape index (κ3) is 5.74. The number of hydrogen-bond acceptors (Lipinski definition) is 5. The van der Waals surface area contributed by atoms with Gasteiger partial charge < -0.3 is 25.8 Å². The first-order valence-corrected chi connectivity index (χ1v) is 10.7. The Kier molecular flexibility index (Phi) is 7.45. The number of aliphatic hydroxyl groups is 2. The number of benzene rings is 1. The molecule has 2 atom stereocenters. The largest absolute Gasteiger partial charge is 0.393 e. The van der Waals surface area contributed by atoms with E-state index in [0.717, 1.165) is 0 Å². The molecule has 2 amide bonds. The van der Waals surface area contributed by atoms with E-state index in [-0.39, 0.29) is 43.4 Å².